The van der Waals surface area contributed by atoms with Crippen molar-refractivity contribution in [1.82, 2.24) is 13.7 Å². The van der Waals surface area contributed by atoms with Crippen LogP contribution in [0.5, 0.6) is 0 Å². The van der Waals surface area contributed by atoms with Crippen molar-refractivity contribution >= 4 is 65.4 Å². The molecule has 3 aromatic heterocycles. The molecule has 0 aliphatic heterocycles. The van der Waals surface area contributed by atoms with Gasteiger partial charge in [-0.2, -0.15) is 0 Å². The lowest BCUT2D eigenvalue weighted by Crippen LogP contribution is -1.96. The van der Waals surface area contributed by atoms with Crippen LogP contribution in [-0.2, 0) is 0 Å². The Bertz CT molecular complexity index is 3420. The van der Waals surface area contributed by atoms with Crippen molar-refractivity contribution in [3.8, 4) is 39.3 Å². The van der Waals surface area contributed by atoms with E-state index in [1.807, 2.05) is 0 Å². The normalized spacial score (nSPS) is 11.9. The average molecular weight is 726 g/mol. The molecule has 0 amide bonds. The Morgan fingerprint density at radius 2 is 0.561 bits per heavy atom. The van der Waals surface area contributed by atoms with E-state index in [1.165, 1.54) is 87.7 Å². The number of hydrogen-bond donors (Lipinski definition) is 0. The van der Waals surface area contributed by atoms with Crippen LogP contribution < -0.4 is 0 Å². The summed E-state index contributed by atoms with van der Waals surface area (Å²) in [5.41, 5.74) is 15.5. The molecule has 0 saturated heterocycles. The van der Waals surface area contributed by atoms with E-state index in [0.717, 1.165) is 17.1 Å². The van der Waals surface area contributed by atoms with Gasteiger partial charge in [0.1, 0.15) is 0 Å². The van der Waals surface area contributed by atoms with E-state index in [-0.39, 0.29) is 0 Å². The predicted octanol–water partition coefficient (Wildman–Crippen LogP) is 14.3. The van der Waals surface area contributed by atoms with Crippen molar-refractivity contribution in [2.75, 3.05) is 0 Å². The number of rotatable bonds is 5. The lowest BCUT2D eigenvalue weighted by atomic mass is 10.0. The maximum absolute atomic E-state index is 2.47. The molecule has 12 aromatic rings. The quantitative estimate of drug-likeness (QED) is 0.168. The number of para-hydroxylation sites is 4. The van der Waals surface area contributed by atoms with Crippen molar-refractivity contribution in [3.63, 3.8) is 0 Å². The van der Waals surface area contributed by atoms with Gasteiger partial charge in [-0.15, -0.1) is 0 Å². The first kappa shape index (κ1) is 31.7. The van der Waals surface area contributed by atoms with E-state index in [9.17, 15) is 0 Å². The van der Waals surface area contributed by atoms with Gasteiger partial charge in [-0.25, -0.2) is 0 Å². The van der Waals surface area contributed by atoms with E-state index in [0.29, 0.717) is 0 Å². The highest BCUT2D eigenvalue weighted by molar-refractivity contribution is 6.26. The molecule has 0 unspecified atom stereocenters. The first-order valence-electron chi connectivity index (χ1n) is 19.6. The van der Waals surface area contributed by atoms with E-state index in [2.05, 4.69) is 226 Å². The molecule has 9 aromatic carbocycles. The van der Waals surface area contributed by atoms with Gasteiger partial charge >= 0.3 is 0 Å². The molecule has 3 heterocycles. The minimum Gasteiger partial charge on any atom is -0.309 e. The second-order valence-electron chi connectivity index (χ2n) is 14.9. The van der Waals surface area contributed by atoms with Crippen molar-refractivity contribution in [1.29, 1.82) is 0 Å². The van der Waals surface area contributed by atoms with Crippen LogP contribution in [0.3, 0.4) is 0 Å². The molecular weight excluding hydrogens is 691 g/mol. The largest absolute Gasteiger partial charge is 0.309 e. The minimum absolute atomic E-state index is 1.14. The standard InChI is InChI=1S/C54H35N3/c1-2-12-36(13-3-1)37-22-30-41(31-23-37)56-51-21-11-7-17-47(51)53-52(56)35-34-46-45-16-6-10-20-50(45)57(54(46)53)42-32-26-39(27-33-42)38-24-28-40(29-25-38)55-48-18-8-4-14-43(48)44-15-5-9-19-49(44)55/h1-35H. The molecule has 12 rings (SSSR count). The van der Waals surface area contributed by atoms with Crippen LogP contribution in [0.1, 0.15) is 0 Å². The monoisotopic (exact) mass is 725 g/mol. The summed E-state index contributed by atoms with van der Waals surface area (Å²) in [5.74, 6) is 0. The van der Waals surface area contributed by atoms with Crippen molar-refractivity contribution in [2.45, 2.75) is 0 Å². The van der Waals surface area contributed by atoms with Gasteiger partial charge in [-0.05, 0) is 89.0 Å². The van der Waals surface area contributed by atoms with E-state index >= 15 is 0 Å². The molecule has 57 heavy (non-hydrogen) atoms. The molecular formula is C54H35N3. The molecule has 0 aliphatic rings. The maximum atomic E-state index is 2.47. The molecule has 0 saturated carbocycles. The smallest absolute Gasteiger partial charge is 0.0641 e. The molecule has 0 atom stereocenters. The van der Waals surface area contributed by atoms with Gasteiger partial charge < -0.3 is 13.7 Å². The number of aromatic nitrogens is 3. The van der Waals surface area contributed by atoms with E-state index < -0.39 is 0 Å². The summed E-state index contributed by atoms with van der Waals surface area (Å²) >= 11 is 0. The molecule has 0 aliphatic carbocycles. The van der Waals surface area contributed by atoms with Crippen LogP contribution in [0.2, 0.25) is 0 Å². The fourth-order valence-corrected chi connectivity index (χ4v) is 9.30. The molecule has 0 N–H and O–H groups in total. The molecule has 0 fully saturated rings. The lowest BCUT2D eigenvalue weighted by molar-refractivity contribution is 1.17. The molecule has 0 spiro atoms. The average Bonchev–Trinajstić information content (AvgIpc) is 3.93. The number of nitrogens with zero attached hydrogens (tertiary/aromatic N) is 3. The summed E-state index contributed by atoms with van der Waals surface area (Å²) in [6.07, 6.45) is 0. The summed E-state index contributed by atoms with van der Waals surface area (Å²) in [5, 5.41) is 7.56. The Morgan fingerprint density at radius 1 is 0.211 bits per heavy atom. The summed E-state index contributed by atoms with van der Waals surface area (Å²) in [4.78, 5) is 0. The lowest BCUT2D eigenvalue weighted by Gasteiger charge is -2.12. The van der Waals surface area contributed by atoms with Crippen molar-refractivity contribution in [3.05, 3.63) is 212 Å². The van der Waals surface area contributed by atoms with Crippen LogP contribution >= 0.6 is 0 Å². The zero-order valence-corrected chi connectivity index (χ0v) is 31.0. The third kappa shape index (κ3) is 4.79. The Kier molecular flexibility index (Phi) is 6.93. The Balaban J connectivity index is 0.991. The highest BCUT2D eigenvalue weighted by Gasteiger charge is 2.21. The van der Waals surface area contributed by atoms with Crippen LogP contribution in [0, 0.1) is 0 Å². The van der Waals surface area contributed by atoms with Crippen LogP contribution in [0.15, 0.2) is 212 Å². The summed E-state index contributed by atoms with van der Waals surface area (Å²) < 4.78 is 7.27. The van der Waals surface area contributed by atoms with Crippen LogP contribution in [0.4, 0.5) is 0 Å². The fraction of sp³-hybridized carbons (Fsp3) is 0. The zero-order valence-electron chi connectivity index (χ0n) is 31.0. The second kappa shape index (κ2) is 12.5. The zero-order chi connectivity index (χ0) is 37.5. The summed E-state index contributed by atoms with van der Waals surface area (Å²) in [6.45, 7) is 0. The topological polar surface area (TPSA) is 14.8 Å². The molecule has 266 valence electrons. The van der Waals surface area contributed by atoms with Crippen LogP contribution in [0.25, 0.3) is 105 Å². The molecule has 3 nitrogen and oxygen atoms in total. The van der Waals surface area contributed by atoms with E-state index in [4.69, 9.17) is 0 Å². The van der Waals surface area contributed by atoms with E-state index in [1.54, 1.807) is 0 Å². The number of fused-ring (bicyclic) bond motifs is 10. The van der Waals surface area contributed by atoms with Gasteiger partial charge in [0.2, 0.25) is 0 Å². The maximum Gasteiger partial charge on any atom is 0.0641 e. The Hall–Kier alpha value is -7.62. The second-order valence-corrected chi connectivity index (χ2v) is 14.9. The van der Waals surface area contributed by atoms with Gasteiger partial charge in [-0.3, -0.25) is 0 Å². The van der Waals surface area contributed by atoms with Crippen LogP contribution in [-0.4, -0.2) is 13.7 Å². The molecule has 3 heteroatoms. The van der Waals surface area contributed by atoms with Gasteiger partial charge in [0, 0.05) is 49.4 Å². The van der Waals surface area contributed by atoms with Gasteiger partial charge in [-0.1, -0.05) is 146 Å². The third-order valence-electron chi connectivity index (χ3n) is 11.9. The summed E-state index contributed by atoms with van der Waals surface area (Å²) in [7, 11) is 0. The van der Waals surface area contributed by atoms with Gasteiger partial charge in [0.05, 0.1) is 33.1 Å². The van der Waals surface area contributed by atoms with Gasteiger partial charge in [0.25, 0.3) is 0 Å². The third-order valence-corrected chi connectivity index (χ3v) is 11.9. The van der Waals surface area contributed by atoms with Crippen molar-refractivity contribution < 1.29 is 0 Å². The molecule has 0 bridgehead atoms. The summed E-state index contributed by atoms with van der Waals surface area (Å²) in [6, 6.07) is 77.3. The first-order chi connectivity index (χ1) is 28.3. The van der Waals surface area contributed by atoms with Gasteiger partial charge in [0.15, 0.2) is 0 Å². The van der Waals surface area contributed by atoms with Crippen molar-refractivity contribution in [2.24, 2.45) is 0 Å². The highest BCUT2D eigenvalue weighted by Crippen LogP contribution is 2.42. The Labute approximate surface area is 329 Å². The Morgan fingerprint density at radius 3 is 1.07 bits per heavy atom. The molecule has 0 radical (unpaired) electrons. The minimum atomic E-state index is 1.14. The number of benzene rings is 9. The predicted molar refractivity (Wildman–Crippen MR) is 240 cm³/mol. The SMILES string of the molecule is c1ccc(-c2ccc(-n3c4ccccc4c4c3ccc3c5ccccc5n(-c5ccc(-c6ccc(-n7c8ccccc8c8ccccc87)cc6)cc5)c34)cc2)cc1. The fourth-order valence-electron chi connectivity index (χ4n) is 9.30. The number of hydrogen-bond acceptors (Lipinski definition) is 0. The first-order valence-corrected chi connectivity index (χ1v) is 19.6. The highest BCUT2D eigenvalue weighted by atomic mass is 15.0.